The van der Waals surface area contributed by atoms with Crippen LogP contribution in [0.3, 0.4) is 0 Å². The number of aromatic carboxylic acids is 1. The van der Waals surface area contributed by atoms with Crippen molar-refractivity contribution in [2.45, 2.75) is 65.5 Å². The van der Waals surface area contributed by atoms with Gasteiger partial charge in [0.25, 0.3) is 0 Å². The van der Waals surface area contributed by atoms with E-state index < -0.39 is 5.97 Å². The Kier molecular flexibility index (Phi) is 10.7. The lowest BCUT2D eigenvalue weighted by Gasteiger charge is -2.23. The van der Waals surface area contributed by atoms with Gasteiger partial charge in [-0.1, -0.05) is 51.3 Å². The Morgan fingerprint density at radius 1 is 1.21 bits per heavy atom. The average molecular weight is 459 g/mol. The summed E-state index contributed by atoms with van der Waals surface area (Å²) in [7, 11) is 0. The summed E-state index contributed by atoms with van der Waals surface area (Å²) in [6, 6.07) is 6.03. The minimum absolute atomic E-state index is 0.125. The molecule has 3 rings (SSSR count). The van der Waals surface area contributed by atoms with E-state index >= 15 is 0 Å². The number of hydrogen-bond acceptors (Lipinski definition) is 6. The van der Waals surface area contributed by atoms with Gasteiger partial charge >= 0.3 is 0 Å². The fraction of sp³-hybridized carbons (Fsp3) is 0.600. The molecular weight excluding hydrogens is 420 g/mol. The smallest absolute Gasteiger partial charge is 0.237 e. The number of para-hydroxylation sites is 1. The van der Waals surface area contributed by atoms with Crippen LogP contribution in [0.5, 0.6) is 0 Å². The van der Waals surface area contributed by atoms with Crippen LogP contribution < -0.4 is 15.7 Å². The van der Waals surface area contributed by atoms with E-state index in [0.717, 1.165) is 56.6 Å². The predicted octanol–water partition coefficient (Wildman–Crippen LogP) is 1.50. The maximum atomic E-state index is 12.9. The third-order valence-electron chi connectivity index (χ3n) is 6.31. The number of amides is 2. The van der Waals surface area contributed by atoms with E-state index in [1.54, 1.807) is 12.1 Å². The molecule has 2 amide bonds. The third kappa shape index (κ3) is 6.95. The number of quaternary nitrogens is 1. The van der Waals surface area contributed by atoms with Gasteiger partial charge in [0.15, 0.2) is 0 Å². The molecule has 1 aromatic rings. The molecule has 1 saturated heterocycles. The van der Waals surface area contributed by atoms with E-state index in [0.29, 0.717) is 6.17 Å². The molecule has 2 aliphatic heterocycles. The van der Waals surface area contributed by atoms with Gasteiger partial charge in [-0.25, -0.2) is 4.90 Å². The molecule has 1 fully saturated rings. The van der Waals surface area contributed by atoms with Crippen molar-refractivity contribution >= 4 is 29.7 Å². The molecule has 2 aliphatic rings. The molecule has 3 N–H and O–H groups in total. The second kappa shape index (κ2) is 13.2. The van der Waals surface area contributed by atoms with E-state index in [-0.39, 0.29) is 41.3 Å². The normalized spacial score (nSPS) is 21.3. The highest BCUT2D eigenvalue weighted by molar-refractivity contribution is 6.22. The quantitative estimate of drug-likeness (QED) is 0.533. The van der Waals surface area contributed by atoms with Crippen molar-refractivity contribution < 1.29 is 25.2 Å². The number of rotatable bonds is 10. The lowest BCUT2D eigenvalue weighted by molar-refractivity contribution is -0.369. The molecule has 0 aliphatic carbocycles. The summed E-state index contributed by atoms with van der Waals surface area (Å²) in [6.45, 7) is 9.35. The molecule has 3 atom stereocenters. The SMILES string of the molecule is CC1N=CCN1CC[NH3+].CCCCC(CCC)C1CC(=O)N(c2ccccc2C(=O)[O-])C1=O. The van der Waals surface area contributed by atoms with E-state index in [2.05, 4.69) is 36.4 Å². The fourth-order valence-corrected chi connectivity index (χ4v) is 4.53. The lowest BCUT2D eigenvalue weighted by Crippen LogP contribution is -2.55. The number of aliphatic imine (C=N–C) groups is 1. The Balaban J connectivity index is 0.000000357. The summed E-state index contributed by atoms with van der Waals surface area (Å²) in [5.74, 6) is -2.16. The molecule has 3 unspecified atom stereocenters. The summed E-state index contributed by atoms with van der Waals surface area (Å²) >= 11 is 0. The highest BCUT2D eigenvalue weighted by Gasteiger charge is 2.43. The summed E-state index contributed by atoms with van der Waals surface area (Å²) in [4.78, 5) is 44.2. The topological polar surface area (TPSA) is 121 Å². The second-order valence-corrected chi connectivity index (χ2v) is 8.69. The number of imide groups is 1. The number of benzene rings is 1. The van der Waals surface area contributed by atoms with Crippen LogP contribution in [-0.4, -0.2) is 54.7 Å². The number of nitrogens with zero attached hydrogens (tertiary/aromatic N) is 3. The maximum Gasteiger partial charge on any atom is 0.237 e. The van der Waals surface area contributed by atoms with E-state index in [1.807, 2.05) is 6.21 Å². The summed E-state index contributed by atoms with van der Waals surface area (Å²) in [5.41, 5.74) is 3.79. The van der Waals surface area contributed by atoms with Crippen LogP contribution in [0.2, 0.25) is 0 Å². The summed E-state index contributed by atoms with van der Waals surface area (Å²) in [5, 5.41) is 11.3. The Morgan fingerprint density at radius 2 is 1.94 bits per heavy atom. The van der Waals surface area contributed by atoms with Crippen molar-refractivity contribution in [2.24, 2.45) is 16.8 Å². The van der Waals surface area contributed by atoms with Crippen LogP contribution in [0.15, 0.2) is 29.3 Å². The monoisotopic (exact) mass is 458 g/mol. The minimum atomic E-state index is -1.38. The molecule has 8 heteroatoms. The van der Waals surface area contributed by atoms with E-state index in [4.69, 9.17) is 0 Å². The second-order valence-electron chi connectivity index (χ2n) is 8.69. The molecule has 2 heterocycles. The van der Waals surface area contributed by atoms with Crippen LogP contribution in [-0.2, 0) is 9.59 Å². The largest absolute Gasteiger partial charge is 0.545 e. The highest BCUT2D eigenvalue weighted by Crippen LogP contribution is 2.36. The number of unbranched alkanes of at least 4 members (excludes halogenated alkanes) is 1. The van der Waals surface area contributed by atoms with Gasteiger partial charge in [0.05, 0.1) is 30.3 Å². The maximum absolute atomic E-state index is 12.9. The number of carbonyl (C=O) groups excluding carboxylic acids is 3. The highest BCUT2D eigenvalue weighted by atomic mass is 16.4. The molecule has 0 radical (unpaired) electrons. The van der Waals surface area contributed by atoms with Crippen LogP contribution in [0.4, 0.5) is 5.69 Å². The zero-order valence-electron chi connectivity index (χ0n) is 20.2. The average Bonchev–Trinajstić information content (AvgIpc) is 3.33. The Morgan fingerprint density at radius 3 is 2.52 bits per heavy atom. The van der Waals surface area contributed by atoms with Crippen molar-refractivity contribution in [1.29, 1.82) is 0 Å². The zero-order chi connectivity index (χ0) is 24.4. The van der Waals surface area contributed by atoms with E-state index in [9.17, 15) is 19.5 Å². The van der Waals surface area contributed by atoms with Crippen molar-refractivity contribution in [3.63, 3.8) is 0 Å². The molecule has 0 saturated carbocycles. The first-order valence-corrected chi connectivity index (χ1v) is 12.1. The van der Waals surface area contributed by atoms with Gasteiger partial charge in [-0.2, -0.15) is 0 Å². The Hall–Kier alpha value is -2.58. The molecular formula is C25H38N4O4. The number of anilines is 1. The molecule has 0 aromatic heterocycles. The van der Waals surface area contributed by atoms with Crippen LogP contribution in [0.1, 0.15) is 69.7 Å². The predicted molar refractivity (Wildman–Crippen MR) is 127 cm³/mol. The number of carboxylic acids is 1. The Labute approximate surface area is 196 Å². The standard InChI is InChI=1S/C19H25NO4.C6H13N3/c1-3-5-9-13(8-4-2)15-12-17(21)20(18(15)22)16-11-7-6-10-14(16)19(23)24;1-6-8-3-5-9(6)4-2-7/h6-7,10-11,13,15H,3-5,8-9,12H2,1-2H3,(H,23,24);3,6H,2,4-5,7H2,1H3. The van der Waals surface area contributed by atoms with Crippen molar-refractivity contribution in [1.82, 2.24) is 4.90 Å². The molecule has 8 nitrogen and oxygen atoms in total. The van der Waals surface area contributed by atoms with Gasteiger partial charge < -0.3 is 15.6 Å². The first-order valence-electron chi connectivity index (χ1n) is 12.1. The lowest BCUT2D eigenvalue weighted by atomic mass is 9.83. The molecule has 182 valence electrons. The molecule has 1 aromatic carbocycles. The summed E-state index contributed by atoms with van der Waals surface area (Å²) < 4.78 is 0. The number of carbonyl (C=O) groups is 3. The van der Waals surface area contributed by atoms with E-state index in [1.165, 1.54) is 12.1 Å². The first-order chi connectivity index (χ1) is 15.8. The van der Waals surface area contributed by atoms with Crippen LogP contribution >= 0.6 is 0 Å². The van der Waals surface area contributed by atoms with Gasteiger partial charge in [0.1, 0.15) is 0 Å². The van der Waals surface area contributed by atoms with Crippen LogP contribution in [0, 0.1) is 11.8 Å². The minimum Gasteiger partial charge on any atom is -0.545 e. The fourth-order valence-electron chi connectivity index (χ4n) is 4.53. The number of hydrogen-bond donors (Lipinski definition) is 1. The third-order valence-corrected chi connectivity index (χ3v) is 6.31. The zero-order valence-corrected chi connectivity index (χ0v) is 20.2. The Bertz CT molecular complexity index is 841. The van der Waals surface area contributed by atoms with Gasteiger partial charge in [0, 0.05) is 31.3 Å². The van der Waals surface area contributed by atoms with Crippen LogP contribution in [0.25, 0.3) is 0 Å². The molecule has 0 spiro atoms. The van der Waals surface area contributed by atoms with Gasteiger partial charge in [-0.15, -0.1) is 0 Å². The van der Waals surface area contributed by atoms with Gasteiger partial charge in [-0.3, -0.25) is 19.5 Å². The summed E-state index contributed by atoms with van der Waals surface area (Å²) in [6.07, 6.45) is 7.39. The van der Waals surface area contributed by atoms with Crippen molar-refractivity contribution in [2.75, 3.05) is 24.5 Å². The van der Waals surface area contributed by atoms with Crippen molar-refractivity contribution in [3.8, 4) is 0 Å². The van der Waals surface area contributed by atoms with Crippen molar-refractivity contribution in [3.05, 3.63) is 29.8 Å². The first kappa shape index (κ1) is 26.7. The number of carboxylic acid groups (broad SMARTS) is 1. The van der Waals surface area contributed by atoms with Gasteiger partial charge in [0.2, 0.25) is 11.8 Å². The van der Waals surface area contributed by atoms with Gasteiger partial charge in [-0.05, 0) is 31.7 Å². The molecule has 33 heavy (non-hydrogen) atoms. The molecule has 0 bridgehead atoms.